The highest BCUT2D eigenvalue weighted by Crippen LogP contribution is 2.54. The summed E-state index contributed by atoms with van der Waals surface area (Å²) in [6.07, 6.45) is 23.6. The standard InChI is InChI=1S/C48H40N4/c1-3-14-32(15-4-1)47-38-20-9-11-21-41(38)49-48(50-47)52-44-27-25-34(30-40(44)46-36-18-8-7-13-31(36)23-28-45(46)52)33-24-26-43-39(29-33)37-19-10-12-22-42(37)51(43)35-16-5-2-6-17-35/h1-8,10-19,21-24,26,28-30,34,39,43-46H,9,20,25,27H2. The van der Waals surface area contributed by atoms with Gasteiger partial charge in [-0.15, -0.1) is 0 Å². The molecular weight excluding hydrogens is 633 g/mol. The van der Waals surface area contributed by atoms with Crippen molar-refractivity contribution in [3.8, 4) is 11.3 Å². The first kappa shape index (κ1) is 29.9. The molecular formula is C48H40N4. The van der Waals surface area contributed by atoms with Crippen molar-refractivity contribution in [2.24, 2.45) is 5.92 Å². The number of para-hydroxylation sites is 2. The Labute approximate surface area is 305 Å². The molecule has 52 heavy (non-hydrogen) atoms. The Hall–Kier alpha value is -5.74. The van der Waals surface area contributed by atoms with Crippen LogP contribution in [-0.4, -0.2) is 28.1 Å². The van der Waals surface area contributed by atoms with Crippen LogP contribution in [0, 0.1) is 5.92 Å². The molecule has 0 bridgehead atoms. The molecule has 1 saturated heterocycles. The number of nitrogens with zero attached hydrogens (tertiary/aromatic N) is 4. The molecule has 2 aliphatic heterocycles. The zero-order valence-electron chi connectivity index (χ0n) is 29.1. The predicted molar refractivity (Wildman–Crippen MR) is 213 cm³/mol. The van der Waals surface area contributed by atoms with Gasteiger partial charge in [-0.1, -0.05) is 134 Å². The summed E-state index contributed by atoms with van der Waals surface area (Å²) in [4.78, 5) is 15.9. The molecule has 0 saturated carbocycles. The van der Waals surface area contributed by atoms with Crippen LogP contribution in [0.5, 0.6) is 0 Å². The summed E-state index contributed by atoms with van der Waals surface area (Å²) in [5, 5.41) is 0. The summed E-state index contributed by atoms with van der Waals surface area (Å²) in [7, 11) is 0. The van der Waals surface area contributed by atoms with Crippen LogP contribution in [0.25, 0.3) is 23.4 Å². The largest absolute Gasteiger partial charge is 0.333 e. The lowest BCUT2D eigenvalue weighted by atomic mass is 9.74. The average Bonchev–Trinajstić information content (AvgIpc) is 3.73. The summed E-state index contributed by atoms with van der Waals surface area (Å²) in [6.45, 7) is 0. The smallest absolute Gasteiger partial charge is 0.227 e. The molecule has 4 nitrogen and oxygen atoms in total. The van der Waals surface area contributed by atoms with Crippen molar-refractivity contribution in [1.29, 1.82) is 0 Å². The molecule has 4 aliphatic carbocycles. The number of rotatable bonds is 4. The van der Waals surface area contributed by atoms with Crippen molar-refractivity contribution in [2.75, 3.05) is 9.80 Å². The third kappa shape index (κ3) is 4.60. The highest BCUT2D eigenvalue weighted by Gasteiger charge is 2.49. The van der Waals surface area contributed by atoms with Crippen LogP contribution in [-0.2, 0) is 6.42 Å². The third-order valence-corrected chi connectivity index (χ3v) is 12.4. The topological polar surface area (TPSA) is 32.3 Å². The van der Waals surface area contributed by atoms with E-state index in [0.29, 0.717) is 11.8 Å². The minimum atomic E-state index is 0.167. The van der Waals surface area contributed by atoms with E-state index in [9.17, 15) is 0 Å². The molecule has 0 amide bonds. The van der Waals surface area contributed by atoms with E-state index in [0.717, 1.165) is 43.0 Å². The molecule has 4 aromatic carbocycles. The number of benzene rings is 4. The van der Waals surface area contributed by atoms with Crippen LogP contribution in [0.15, 0.2) is 157 Å². The van der Waals surface area contributed by atoms with E-state index < -0.39 is 0 Å². The molecule has 1 aromatic heterocycles. The van der Waals surface area contributed by atoms with E-state index in [-0.39, 0.29) is 24.0 Å². The Morgan fingerprint density at radius 1 is 0.654 bits per heavy atom. The number of anilines is 3. The third-order valence-electron chi connectivity index (χ3n) is 12.4. The van der Waals surface area contributed by atoms with Crippen molar-refractivity contribution < 1.29 is 0 Å². The number of fused-ring (bicyclic) bond motifs is 9. The Morgan fingerprint density at radius 3 is 2.31 bits per heavy atom. The molecule has 252 valence electrons. The second kappa shape index (κ2) is 11.9. The molecule has 5 aromatic rings. The summed E-state index contributed by atoms with van der Waals surface area (Å²) in [5.41, 5.74) is 14.3. The van der Waals surface area contributed by atoms with Crippen LogP contribution >= 0.6 is 0 Å². The van der Waals surface area contributed by atoms with Gasteiger partial charge in [0.25, 0.3) is 0 Å². The average molecular weight is 673 g/mol. The van der Waals surface area contributed by atoms with Crippen LogP contribution in [0.2, 0.25) is 0 Å². The van der Waals surface area contributed by atoms with Crippen molar-refractivity contribution >= 4 is 29.5 Å². The van der Waals surface area contributed by atoms with Gasteiger partial charge < -0.3 is 9.80 Å². The van der Waals surface area contributed by atoms with E-state index >= 15 is 0 Å². The fourth-order valence-electron chi connectivity index (χ4n) is 10.1. The van der Waals surface area contributed by atoms with Gasteiger partial charge in [0.05, 0.1) is 29.5 Å². The maximum Gasteiger partial charge on any atom is 0.227 e. The van der Waals surface area contributed by atoms with Crippen molar-refractivity contribution in [1.82, 2.24) is 9.97 Å². The number of allylic oxidation sites excluding steroid dienone is 4. The lowest BCUT2D eigenvalue weighted by molar-refractivity contribution is 0.531. The quantitative estimate of drug-likeness (QED) is 0.178. The first-order valence-corrected chi connectivity index (χ1v) is 19.0. The second-order valence-corrected chi connectivity index (χ2v) is 15.1. The second-order valence-electron chi connectivity index (χ2n) is 15.1. The Balaban J connectivity index is 1.01. The fraction of sp³-hybridized carbons (Fsp3) is 0.208. The molecule has 1 fully saturated rings. The van der Waals surface area contributed by atoms with Crippen LogP contribution < -0.4 is 9.80 Å². The monoisotopic (exact) mass is 672 g/mol. The molecule has 11 rings (SSSR count). The molecule has 0 spiro atoms. The van der Waals surface area contributed by atoms with Crippen LogP contribution in [0.1, 0.15) is 59.0 Å². The zero-order chi connectivity index (χ0) is 34.2. The summed E-state index contributed by atoms with van der Waals surface area (Å²) in [5.74, 6) is 1.82. The molecule has 6 atom stereocenters. The van der Waals surface area contributed by atoms with Gasteiger partial charge in [-0.2, -0.15) is 0 Å². The van der Waals surface area contributed by atoms with Crippen molar-refractivity contribution in [3.63, 3.8) is 0 Å². The minimum Gasteiger partial charge on any atom is -0.333 e. The molecule has 6 aliphatic rings. The van der Waals surface area contributed by atoms with Gasteiger partial charge in [-0.25, -0.2) is 9.97 Å². The fourth-order valence-corrected chi connectivity index (χ4v) is 10.1. The van der Waals surface area contributed by atoms with Gasteiger partial charge in [0.1, 0.15) is 0 Å². The Morgan fingerprint density at radius 2 is 1.42 bits per heavy atom. The number of aromatic nitrogens is 2. The lowest BCUT2D eigenvalue weighted by Crippen LogP contribution is -2.39. The van der Waals surface area contributed by atoms with Crippen LogP contribution in [0.3, 0.4) is 0 Å². The van der Waals surface area contributed by atoms with Gasteiger partial charge in [-0.3, -0.25) is 0 Å². The Kier molecular flexibility index (Phi) is 6.86. The van der Waals surface area contributed by atoms with E-state index in [1.165, 1.54) is 50.3 Å². The summed E-state index contributed by atoms with van der Waals surface area (Å²) >= 11 is 0. The van der Waals surface area contributed by atoms with E-state index in [4.69, 9.17) is 9.97 Å². The number of hydrogen-bond donors (Lipinski definition) is 0. The highest BCUT2D eigenvalue weighted by molar-refractivity contribution is 5.76. The Bertz CT molecular complexity index is 2370. The molecule has 3 heterocycles. The van der Waals surface area contributed by atoms with Crippen molar-refractivity contribution in [3.05, 3.63) is 185 Å². The van der Waals surface area contributed by atoms with Gasteiger partial charge in [0.2, 0.25) is 5.95 Å². The van der Waals surface area contributed by atoms with Gasteiger partial charge in [0.15, 0.2) is 0 Å². The van der Waals surface area contributed by atoms with Gasteiger partial charge in [-0.05, 0) is 77.8 Å². The number of hydrogen-bond acceptors (Lipinski definition) is 4. The minimum absolute atomic E-state index is 0.167. The SMILES string of the molecule is C1=Cc2nc(N3C4CCC(C5=CC6c7ccccc7N(c7ccccc7)C6C=C5)C=C4C4c5ccccc5C=CC43)nc(-c3ccccc3)c2CC1. The zero-order valence-corrected chi connectivity index (χ0v) is 29.1. The maximum atomic E-state index is 5.47. The summed E-state index contributed by atoms with van der Waals surface area (Å²) < 4.78 is 0. The molecule has 6 unspecified atom stereocenters. The first-order chi connectivity index (χ1) is 25.8. The molecule has 0 N–H and O–H groups in total. The molecule has 4 heteroatoms. The van der Waals surface area contributed by atoms with E-state index in [2.05, 4.69) is 168 Å². The first-order valence-electron chi connectivity index (χ1n) is 19.0. The van der Waals surface area contributed by atoms with Crippen LogP contribution in [0.4, 0.5) is 17.3 Å². The predicted octanol–water partition coefficient (Wildman–Crippen LogP) is 10.6. The normalized spacial score (nSPS) is 26.1. The molecule has 0 radical (unpaired) electrons. The highest BCUT2D eigenvalue weighted by atomic mass is 15.3. The summed E-state index contributed by atoms with van der Waals surface area (Å²) in [6, 6.07) is 40.3. The van der Waals surface area contributed by atoms with Crippen molar-refractivity contribution in [2.45, 2.75) is 55.6 Å². The van der Waals surface area contributed by atoms with Gasteiger partial charge >= 0.3 is 0 Å². The van der Waals surface area contributed by atoms with Gasteiger partial charge in [0, 0.05) is 40.3 Å². The van der Waals surface area contributed by atoms with E-state index in [1.54, 1.807) is 0 Å². The lowest BCUT2D eigenvalue weighted by Gasteiger charge is -2.35. The maximum absolute atomic E-state index is 5.47. The van der Waals surface area contributed by atoms with E-state index in [1.807, 2.05) is 0 Å².